The van der Waals surface area contributed by atoms with Crippen molar-refractivity contribution >= 4 is 16.5 Å². The number of nitrogens with one attached hydrogen (secondary N) is 1. The molecule has 5 heteroatoms. The molecule has 1 aliphatic rings. The van der Waals surface area contributed by atoms with E-state index in [4.69, 9.17) is 4.98 Å². The van der Waals surface area contributed by atoms with Gasteiger partial charge in [-0.25, -0.2) is 4.98 Å². The lowest BCUT2D eigenvalue weighted by atomic mass is 10.2. The van der Waals surface area contributed by atoms with Crippen molar-refractivity contribution in [1.82, 2.24) is 15.2 Å². The smallest absolute Gasteiger partial charge is 0.185 e. The van der Waals surface area contributed by atoms with Crippen molar-refractivity contribution in [3.05, 3.63) is 10.6 Å². The number of likely N-dealkylation sites (N-methyl/N-ethyl adjacent to an activating group) is 2. The van der Waals surface area contributed by atoms with Gasteiger partial charge in [-0.3, -0.25) is 0 Å². The van der Waals surface area contributed by atoms with Gasteiger partial charge in [-0.05, 0) is 26.9 Å². The van der Waals surface area contributed by atoms with Gasteiger partial charge >= 0.3 is 0 Å². The minimum Gasteiger partial charge on any atom is -0.350 e. The topological polar surface area (TPSA) is 31.4 Å². The molecular formula is C15H28N4S. The van der Waals surface area contributed by atoms with Crippen LogP contribution in [0.3, 0.4) is 0 Å². The second-order valence-corrected chi connectivity index (χ2v) is 7.40. The molecule has 0 radical (unpaired) electrons. The molecule has 1 heterocycles. The lowest BCUT2D eigenvalue weighted by molar-refractivity contribution is 0.416. The average Bonchev–Trinajstić information content (AvgIpc) is 3.13. The van der Waals surface area contributed by atoms with Crippen molar-refractivity contribution in [2.75, 3.05) is 39.1 Å². The first-order chi connectivity index (χ1) is 9.47. The third-order valence-electron chi connectivity index (χ3n) is 3.56. The molecule has 114 valence electrons. The van der Waals surface area contributed by atoms with Crippen molar-refractivity contribution in [2.24, 2.45) is 0 Å². The Balaban J connectivity index is 2.03. The summed E-state index contributed by atoms with van der Waals surface area (Å²) in [5.41, 5.74) is 1.36. The summed E-state index contributed by atoms with van der Waals surface area (Å²) in [6, 6.07) is 0.527. The number of hydrogen-bond donors (Lipinski definition) is 1. The van der Waals surface area contributed by atoms with Gasteiger partial charge in [0.25, 0.3) is 0 Å². The van der Waals surface area contributed by atoms with Crippen LogP contribution in [0, 0.1) is 0 Å². The molecule has 4 nitrogen and oxygen atoms in total. The molecule has 1 aromatic heterocycles. The van der Waals surface area contributed by atoms with Crippen molar-refractivity contribution in [3.63, 3.8) is 0 Å². The first kappa shape index (κ1) is 15.7. The van der Waals surface area contributed by atoms with Crippen LogP contribution in [0.5, 0.6) is 0 Å². The van der Waals surface area contributed by atoms with Crippen molar-refractivity contribution in [2.45, 2.75) is 45.2 Å². The minimum atomic E-state index is 0.527. The molecular weight excluding hydrogens is 268 g/mol. The summed E-state index contributed by atoms with van der Waals surface area (Å²) in [5, 5.41) is 4.71. The first-order valence-electron chi connectivity index (χ1n) is 7.56. The van der Waals surface area contributed by atoms with Gasteiger partial charge < -0.3 is 15.1 Å². The van der Waals surface area contributed by atoms with E-state index in [1.165, 1.54) is 28.5 Å². The highest BCUT2D eigenvalue weighted by Gasteiger charge is 2.30. The molecule has 0 aliphatic heterocycles. The zero-order chi connectivity index (χ0) is 14.7. The molecule has 20 heavy (non-hydrogen) atoms. The predicted molar refractivity (Wildman–Crippen MR) is 87.9 cm³/mol. The number of rotatable bonds is 8. The van der Waals surface area contributed by atoms with E-state index in [2.05, 4.69) is 50.1 Å². The second kappa shape index (κ2) is 6.87. The number of thiazole rings is 1. The summed E-state index contributed by atoms with van der Waals surface area (Å²) < 4.78 is 0. The Labute approximate surface area is 127 Å². The summed E-state index contributed by atoms with van der Waals surface area (Å²) in [7, 11) is 6.38. The second-order valence-electron chi connectivity index (χ2n) is 6.34. The molecule has 0 unspecified atom stereocenters. The van der Waals surface area contributed by atoms with Crippen LogP contribution in [0.4, 0.5) is 5.13 Å². The molecule has 2 rings (SSSR count). The fourth-order valence-electron chi connectivity index (χ4n) is 2.06. The SMILES string of the molecule is CC(C)NCc1sc(N(C)CCN(C)C)nc1C1CC1. The fraction of sp³-hybridized carbons (Fsp3) is 0.800. The maximum Gasteiger partial charge on any atom is 0.185 e. The summed E-state index contributed by atoms with van der Waals surface area (Å²) in [5.74, 6) is 0.728. The maximum atomic E-state index is 4.91. The van der Waals surface area contributed by atoms with E-state index < -0.39 is 0 Å². The van der Waals surface area contributed by atoms with Crippen LogP contribution in [0.1, 0.15) is 43.2 Å². The van der Waals surface area contributed by atoms with Gasteiger partial charge in [0, 0.05) is 43.5 Å². The largest absolute Gasteiger partial charge is 0.350 e. The van der Waals surface area contributed by atoms with Gasteiger partial charge in [0.1, 0.15) is 0 Å². The lowest BCUT2D eigenvalue weighted by Gasteiger charge is -2.18. The van der Waals surface area contributed by atoms with E-state index in [1.54, 1.807) is 0 Å². The van der Waals surface area contributed by atoms with Crippen LogP contribution in [0.2, 0.25) is 0 Å². The highest BCUT2D eigenvalue weighted by molar-refractivity contribution is 7.15. The van der Waals surface area contributed by atoms with Crippen LogP contribution in [-0.4, -0.2) is 50.2 Å². The zero-order valence-electron chi connectivity index (χ0n) is 13.4. The summed E-state index contributed by atoms with van der Waals surface area (Å²) in [6.45, 7) is 7.45. The molecule has 0 atom stereocenters. The van der Waals surface area contributed by atoms with E-state index in [1.807, 2.05) is 11.3 Å². The van der Waals surface area contributed by atoms with Crippen LogP contribution in [-0.2, 0) is 6.54 Å². The lowest BCUT2D eigenvalue weighted by Crippen LogP contribution is -2.28. The molecule has 1 N–H and O–H groups in total. The van der Waals surface area contributed by atoms with Crippen molar-refractivity contribution in [3.8, 4) is 0 Å². The Hall–Kier alpha value is -0.650. The molecule has 0 aromatic carbocycles. The highest BCUT2D eigenvalue weighted by atomic mass is 32.1. The van der Waals surface area contributed by atoms with Crippen LogP contribution >= 0.6 is 11.3 Å². The van der Waals surface area contributed by atoms with Crippen LogP contribution < -0.4 is 10.2 Å². The van der Waals surface area contributed by atoms with Crippen LogP contribution in [0.25, 0.3) is 0 Å². The molecule has 1 aromatic rings. The summed E-state index contributed by atoms with van der Waals surface area (Å²) >= 11 is 1.86. The number of nitrogens with zero attached hydrogens (tertiary/aromatic N) is 3. The minimum absolute atomic E-state index is 0.527. The Kier molecular flexibility index (Phi) is 5.41. The monoisotopic (exact) mass is 296 g/mol. The van der Waals surface area contributed by atoms with Crippen molar-refractivity contribution < 1.29 is 0 Å². The predicted octanol–water partition coefficient (Wildman–Crippen LogP) is 2.52. The van der Waals surface area contributed by atoms with Crippen LogP contribution in [0.15, 0.2) is 0 Å². The third kappa shape index (κ3) is 4.43. The molecule has 0 amide bonds. The van der Waals surface area contributed by atoms with E-state index in [-0.39, 0.29) is 0 Å². The van der Waals surface area contributed by atoms with E-state index in [9.17, 15) is 0 Å². The highest BCUT2D eigenvalue weighted by Crippen LogP contribution is 2.44. The average molecular weight is 296 g/mol. The van der Waals surface area contributed by atoms with Gasteiger partial charge in [-0.2, -0.15) is 0 Å². The summed E-state index contributed by atoms with van der Waals surface area (Å²) in [6.07, 6.45) is 2.64. The Morgan fingerprint density at radius 2 is 1.95 bits per heavy atom. The van der Waals surface area contributed by atoms with E-state index in [0.29, 0.717) is 6.04 Å². The first-order valence-corrected chi connectivity index (χ1v) is 8.38. The quantitative estimate of drug-likeness (QED) is 0.799. The maximum absolute atomic E-state index is 4.91. The van der Waals surface area contributed by atoms with Crippen molar-refractivity contribution in [1.29, 1.82) is 0 Å². The number of aromatic nitrogens is 1. The number of anilines is 1. The number of hydrogen-bond acceptors (Lipinski definition) is 5. The fourth-order valence-corrected chi connectivity index (χ4v) is 3.14. The third-order valence-corrected chi connectivity index (χ3v) is 4.75. The van der Waals surface area contributed by atoms with E-state index >= 15 is 0 Å². The Bertz CT molecular complexity index is 424. The molecule has 1 aliphatic carbocycles. The van der Waals surface area contributed by atoms with Gasteiger partial charge in [-0.1, -0.05) is 13.8 Å². The molecule has 0 bridgehead atoms. The molecule has 0 saturated heterocycles. The Morgan fingerprint density at radius 1 is 1.25 bits per heavy atom. The van der Waals surface area contributed by atoms with Gasteiger partial charge in [0.05, 0.1) is 5.69 Å². The molecule has 0 spiro atoms. The molecule has 1 fully saturated rings. The van der Waals surface area contributed by atoms with E-state index in [0.717, 1.165) is 25.6 Å². The van der Waals surface area contributed by atoms with Gasteiger partial charge in [-0.15, -0.1) is 11.3 Å². The molecule has 1 saturated carbocycles. The normalized spacial score (nSPS) is 15.3. The Morgan fingerprint density at radius 3 is 2.50 bits per heavy atom. The standard InChI is InChI=1S/C15H28N4S/c1-11(2)16-10-13-14(12-6-7-12)17-15(20-13)19(5)9-8-18(3)4/h11-12,16H,6-10H2,1-5H3. The van der Waals surface area contributed by atoms with Gasteiger partial charge in [0.15, 0.2) is 5.13 Å². The van der Waals surface area contributed by atoms with Gasteiger partial charge in [0.2, 0.25) is 0 Å². The summed E-state index contributed by atoms with van der Waals surface area (Å²) in [4.78, 5) is 10.9. The zero-order valence-corrected chi connectivity index (χ0v) is 14.3.